The molecule has 1 heterocycles. The van der Waals surface area contributed by atoms with Crippen molar-refractivity contribution in [2.75, 3.05) is 0 Å². The Hall–Kier alpha value is -1.25. The van der Waals surface area contributed by atoms with Gasteiger partial charge < -0.3 is 4.74 Å². The van der Waals surface area contributed by atoms with Gasteiger partial charge in [0.25, 0.3) is 0 Å². The molecule has 0 bridgehead atoms. The number of benzene rings is 1. The third-order valence-corrected chi connectivity index (χ3v) is 2.89. The summed E-state index contributed by atoms with van der Waals surface area (Å²) >= 11 is 11.7. The molecule has 0 amide bonds. The third-order valence-electron chi connectivity index (χ3n) is 2.27. The number of pyridine rings is 1. The summed E-state index contributed by atoms with van der Waals surface area (Å²) in [4.78, 5) is 4.10. The van der Waals surface area contributed by atoms with Gasteiger partial charge in [0.05, 0.1) is 5.02 Å². The van der Waals surface area contributed by atoms with Crippen LogP contribution in [-0.2, 0) is 5.88 Å². The molecule has 0 aliphatic heterocycles. The second kappa shape index (κ2) is 5.39. The highest BCUT2D eigenvalue weighted by molar-refractivity contribution is 6.32. The largest absolute Gasteiger partial charge is 0.439 e. The second-order valence-corrected chi connectivity index (χ2v) is 4.34. The molecule has 4 heteroatoms. The Morgan fingerprint density at radius 1 is 1.29 bits per heavy atom. The van der Waals surface area contributed by atoms with Crippen molar-refractivity contribution >= 4 is 23.2 Å². The average Bonchev–Trinajstić information content (AvgIpc) is 2.32. The van der Waals surface area contributed by atoms with Gasteiger partial charge in [-0.05, 0) is 30.2 Å². The summed E-state index contributed by atoms with van der Waals surface area (Å²) in [5.41, 5.74) is 1.94. The van der Waals surface area contributed by atoms with Crippen LogP contribution in [0.5, 0.6) is 11.6 Å². The first-order valence-electron chi connectivity index (χ1n) is 5.14. The molecule has 0 aliphatic rings. The first-order chi connectivity index (χ1) is 8.19. The minimum absolute atomic E-state index is 0.339. The molecule has 0 spiro atoms. The van der Waals surface area contributed by atoms with Crippen LogP contribution in [0.25, 0.3) is 0 Å². The molecule has 0 fully saturated rings. The molecule has 1 aromatic heterocycles. The van der Waals surface area contributed by atoms with E-state index < -0.39 is 0 Å². The lowest BCUT2D eigenvalue weighted by Gasteiger charge is -2.07. The second-order valence-electron chi connectivity index (χ2n) is 3.67. The number of rotatable bonds is 3. The van der Waals surface area contributed by atoms with Crippen molar-refractivity contribution < 1.29 is 4.74 Å². The maximum absolute atomic E-state index is 5.92. The monoisotopic (exact) mass is 267 g/mol. The van der Waals surface area contributed by atoms with Crippen LogP contribution < -0.4 is 4.74 Å². The number of aromatic nitrogens is 1. The SMILES string of the molecule is Cc1cccc(Oc2cc(CCl)c(Cl)cn2)c1. The Morgan fingerprint density at radius 2 is 2.12 bits per heavy atom. The van der Waals surface area contributed by atoms with Crippen LogP contribution in [0, 0.1) is 6.92 Å². The van der Waals surface area contributed by atoms with Gasteiger partial charge in [0.1, 0.15) is 5.75 Å². The van der Waals surface area contributed by atoms with Crippen molar-refractivity contribution in [1.82, 2.24) is 4.98 Å². The molecule has 0 N–H and O–H groups in total. The lowest BCUT2D eigenvalue weighted by molar-refractivity contribution is 0.462. The number of aryl methyl sites for hydroxylation is 1. The number of ether oxygens (including phenoxy) is 1. The van der Waals surface area contributed by atoms with Crippen molar-refractivity contribution in [1.29, 1.82) is 0 Å². The molecule has 0 saturated heterocycles. The van der Waals surface area contributed by atoms with Gasteiger partial charge in [0, 0.05) is 18.1 Å². The Balaban J connectivity index is 2.24. The Kier molecular flexibility index (Phi) is 3.87. The van der Waals surface area contributed by atoms with Crippen molar-refractivity contribution in [2.24, 2.45) is 0 Å². The first-order valence-corrected chi connectivity index (χ1v) is 6.05. The summed E-state index contributed by atoms with van der Waals surface area (Å²) in [6.45, 7) is 2.01. The fraction of sp³-hybridized carbons (Fsp3) is 0.154. The highest BCUT2D eigenvalue weighted by atomic mass is 35.5. The Morgan fingerprint density at radius 3 is 2.82 bits per heavy atom. The van der Waals surface area contributed by atoms with E-state index >= 15 is 0 Å². The van der Waals surface area contributed by atoms with Gasteiger partial charge in [-0.2, -0.15) is 0 Å². The Labute approximate surface area is 110 Å². The van der Waals surface area contributed by atoms with Crippen LogP contribution in [0.4, 0.5) is 0 Å². The van der Waals surface area contributed by atoms with Gasteiger partial charge in [-0.1, -0.05) is 23.7 Å². The predicted molar refractivity (Wildman–Crippen MR) is 70.1 cm³/mol. The van der Waals surface area contributed by atoms with Crippen LogP contribution in [0.15, 0.2) is 36.5 Å². The van der Waals surface area contributed by atoms with Crippen LogP contribution in [0.1, 0.15) is 11.1 Å². The third kappa shape index (κ3) is 3.11. The molecule has 17 heavy (non-hydrogen) atoms. The van der Waals surface area contributed by atoms with Crippen molar-refractivity contribution in [3.05, 3.63) is 52.7 Å². The molecular weight excluding hydrogens is 257 g/mol. The molecule has 88 valence electrons. The quantitative estimate of drug-likeness (QED) is 0.760. The summed E-state index contributed by atoms with van der Waals surface area (Å²) in [6.07, 6.45) is 1.55. The van der Waals surface area contributed by atoms with E-state index in [4.69, 9.17) is 27.9 Å². The highest BCUT2D eigenvalue weighted by Gasteiger charge is 2.04. The maximum Gasteiger partial charge on any atom is 0.219 e. The highest BCUT2D eigenvalue weighted by Crippen LogP contribution is 2.25. The van der Waals surface area contributed by atoms with E-state index in [1.54, 1.807) is 12.3 Å². The zero-order valence-electron chi connectivity index (χ0n) is 9.28. The Bertz CT molecular complexity index is 529. The molecule has 0 unspecified atom stereocenters. The van der Waals surface area contributed by atoms with Gasteiger partial charge >= 0.3 is 0 Å². The number of halogens is 2. The lowest BCUT2D eigenvalue weighted by atomic mass is 10.2. The zero-order valence-corrected chi connectivity index (χ0v) is 10.8. The number of alkyl halides is 1. The molecule has 1 aromatic carbocycles. The summed E-state index contributed by atoms with van der Waals surface area (Å²) in [7, 11) is 0. The van der Waals surface area contributed by atoms with Crippen molar-refractivity contribution in [3.63, 3.8) is 0 Å². The fourth-order valence-electron chi connectivity index (χ4n) is 1.42. The number of hydrogen-bond acceptors (Lipinski definition) is 2. The lowest BCUT2D eigenvalue weighted by Crippen LogP contribution is -1.90. The molecule has 0 radical (unpaired) electrons. The zero-order chi connectivity index (χ0) is 12.3. The summed E-state index contributed by atoms with van der Waals surface area (Å²) < 4.78 is 5.63. The van der Waals surface area contributed by atoms with E-state index in [-0.39, 0.29) is 0 Å². The molecule has 2 nitrogen and oxygen atoms in total. The fourth-order valence-corrected chi connectivity index (χ4v) is 1.88. The standard InChI is InChI=1S/C13H11Cl2NO/c1-9-3-2-4-11(5-9)17-13-6-10(7-14)12(15)8-16-13/h2-6,8H,7H2,1H3. The molecular formula is C13H11Cl2NO. The van der Waals surface area contributed by atoms with Gasteiger partial charge in [0.2, 0.25) is 5.88 Å². The average molecular weight is 268 g/mol. The van der Waals surface area contributed by atoms with Crippen LogP contribution in [0.2, 0.25) is 5.02 Å². The van der Waals surface area contributed by atoms with E-state index in [0.29, 0.717) is 16.8 Å². The summed E-state index contributed by atoms with van der Waals surface area (Å²) in [5, 5.41) is 0.552. The molecule has 0 aliphatic carbocycles. The van der Waals surface area contributed by atoms with Crippen molar-refractivity contribution in [2.45, 2.75) is 12.8 Å². The summed E-state index contributed by atoms with van der Waals surface area (Å²) in [5.74, 6) is 1.59. The number of nitrogens with zero attached hydrogens (tertiary/aromatic N) is 1. The maximum atomic E-state index is 5.92. The van der Waals surface area contributed by atoms with Gasteiger partial charge in [-0.25, -0.2) is 4.98 Å². The first kappa shape index (κ1) is 12.2. The van der Waals surface area contributed by atoms with Crippen LogP contribution in [-0.4, -0.2) is 4.98 Å². The van der Waals surface area contributed by atoms with Crippen LogP contribution in [0.3, 0.4) is 0 Å². The smallest absolute Gasteiger partial charge is 0.219 e. The topological polar surface area (TPSA) is 22.1 Å². The van der Waals surface area contributed by atoms with E-state index in [1.165, 1.54) is 0 Å². The van der Waals surface area contributed by atoms with Gasteiger partial charge in [-0.3, -0.25) is 0 Å². The molecule has 2 aromatic rings. The molecule has 0 atom stereocenters. The molecule has 2 rings (SSSR count). The summed E-state index contributed by atoms with van der Waals surface area (Å²) in [6, 6.07) is 9.51. The van der Waals surface area contributed by atoms with E-state index in [2.05, 4.69) is 4.98 Å². The predicted octanol–water partition coefficient (Wildman–Crippen LogP) is 4.57. The van der Waals surface area contributed by atoms with E-state index in [0.717, 1.165) is 16.9 Å². The van der Waals surface area contributed by atoms with Gasteiger partial charge in [-0.15, -0.1) is 11.6 Å². The van der Waals surface area contributed by atoms with Crippen molar-refractivity contribution in [3.8, 4) is 11.6 Å². The minimum atomic E-state index is 0.339. The normalized spacial score (nSPS) is 10.3. The number of hydrogen-bond donors (Lipinski definition) is 0. The van der Waals surface area contributed by atoms with Crippen LogP contribution >= 0.6 is 23.2 Å². The van der Waals surface area contributed by atoms with Gasteiger partial charge in [0.15, 0.2) is 0 Å². The van der Waals surface area contributed by atoms with E-state index in [1.807, 2.05) is 31.2 Å². The van der Waals surface area contributed by atoms with E-state index in [9.17, 15) is 0 Å². The molecule has 0 saturated carbocycles. The minimum Gasteiger partial charge on any atom is -0.439 e.